The van der Waals surface area contributed by atoms with Gasteiger partial charge in [-0.1, -0.05) is 57.2 Å². The Kier molecular flexibility index (Phi) is 5.65. The Bertz CT molecular complexity index is 1190. The van der Waals surface area contributed by atoms with Gasteiger partial charge in [0.05, 0.1) is 23.6 Å². The first-order valence-corrected chi connectivity index (χ1v) is 11.2. The fourth-order valence-corrected chi connectivity index (χ4v) is 4.63. The fourth-order valence-electron chi connectivity index (χ4n) is 3.95. The molecule has 32 heavy (non-hydrogen) atoms. The number of aliphatic hydroxyl groups is 1. The molecule has 0 fully saturated rings. The Labute approximate surface area is 191 Å². The van der Waals surface area contributed by atoms with E-state index in [1.54, 1.807) is 30.7 Å². The van der Waals surface area contributed by atoms with Crippen LogP contribution < -0.4 is 9.64 Å². The average molecular weight is 448 g/mol. The molecule has 0 radical (unpaired) electrons. The molecule has 0 saturated carbocycles. The number of ketones is 1. The van der Waals surface area contributed by atoms with Crippen LogP contribution in [0.5, 0.6) is 5.75 Å². The number of Topliss-reactive ketones (excluding diaryl/α,β-unsaturated/α-hetero) is 1. The summed E-state index contributed by atoms with van der Waals surface area (Å²) < 4.78 is 5.54. The number of carbonyl (C=O) groups excluding carboxylic acids is 2. The van der Waals surface area contributed by atoms with Crippen molar-refractivity contribution in [3.8, 4) is 5.75 Å². The number of benzene rings is 2. The molecule has 0 bridgehead atoms. The number of carbonyl (C=O) groups is 2. The SMILES string of the molecule is COc1ccccc1C1C(C(=O)c2cccs2)=C(O)C(=O)N1c1ccc(C(C)(C)C)cc1. The van der Waals surface area contributed by atoms with Crippen LogP contribution in [0.3, 0.4) is 0 Å². The van der Waals surface area contributed by atoms with Crippen LogP contribution in [0.4, 0.5) is 5.69 Å². The Hall–Kier alpha value is -3.38. The number of rotatable bonds is 5. The third-order valence-corrected chi connectivity index (χ3v) is 6.51. The number of methoxy groups -OCH3 is 1. The predicted octanol–water partition coefficient (Wildman–Crippen LogP) is 5.84. The van der Waals surface area contributed by atoms with Crippen LogP contribution in [0.25, 0.3) is 0 Å². The van der Waals surface area contributed by atoms with Crippen LogP contribution in [0.15, 0.2) is 77.4 Å². The molecule has 1 unspecified atom stereocenters. The number of amides is 1. The summed E-state index contributed by atoms with van der Waals surface area (Å²) in [4.78, 5) is 28.6. The monoisotopic (exact) mass is 447 g/mol. The molecule has 0 spiro atoms. The molecule has 164 valence electrons. The lowest BCUT2D eigenvalue weighted by Gasteiger charge is -2.28. The van der Waals surface area contributed by atoms with E-state index in [2.05, 4.69) is 20.8 Å². The van der Waals surface area contributed by atoms with E-state index in [9.17, 15) is 14.7 Å². The molecule has 1 N–H and O–H groups in total. The van der Waals surface area contributed by atoms with Gasteiger partial charge in [0.2, 0.25) is 5.78 Å². The highest BCUT2D eigenvalue weighted by atomic mass is 32.1. The lowest BCUT2D eigenvalue weighted by molar-refractivity contribution is -0.117. The summed E-state index contributed by atoms with van der Waals surface area (Å²) in [7, 11) is 1.54. The molecule has 1 amide bonds. The summed E-state index contributed by atoms with van der Waals surface area (Å²) in [5.41, 5.74) is 2.36. The number of nitrogens with zero attached hydrogens (tertiary/aromatic N) is 1. The van der Waals surface area contributed by atoms with Gasteiger partial charge in [0.25, 0.3) is 5.91 Å². The van der Waals surface area contributed by atoms with Crippen molar-refractivity contribution >= 4 is 28.7 Å². The molecule has 1 aliphatic heterocycles. The minimum atomic E-state index is -0.811. The van der Waals surface area contributed by atoms with Crippen molar-refractivity contribution in [1.29, 1.82) is 0 Å². The van der Waals surface area contributed by atoms with Gasteiger partial charge >= 0.3 is 0 Å². The molecule has 1 aromatic heterocycles. The van der Waals surface area contributed by atoms with Gasteiger partial charge in [-0.15, -0.1) is 11.3 Å². The van der Waals surface area contributed by atoms with E-state index in [0.717, 1.165) is 5.56 Å². The van der Waals surface area contributed by atoms with E-state index in [1.165, 1.54) is 16.2 Å². The molecule has 2 aromatic carbocycles. The first-order chi connectivity index (χ1) is 15.2. The maximum Gasteiger partial charge on any atom is 0.294 e. The zero-order chi connectivity index (χ0) is 23.0. The minimum absolute atomic E-state index is 0.0454. The number of hydrogen-bond donors (Lipinski definition) is 1. The van der Waals surface area contributed by atoms with Crippen molar-refractivity contribution in [3.63, 3.8) is 0 Å². The first-order valence-electron chi connectivity index (χ1n) is 10.3. The lowest BCUT2D eigenvalue weighted by atomic mass is 9.87. The molecule has 1 aliphatic rings. The largest absolute Gasteiger partial charge is 0.503 e. The number of aliphatic hydroxyl groups excluding tert-OH is 1. The van der Waals surface area contributed by atoms with E-state index in [0.29, 0.717) is 21.9 Å². The summed E-state index contributed by atoms with van der Waals surface area (Å²) in [6, 6.07) is 17.5. The maximum absolute atomic E-state index is 13.4. The second kappa shape index (κ2) is 8.28. The van der Waals surface area contributed by atoms with Crippen LogP contribution in [0.2, 0.25) is 0 Å². The van der Waals surface area contributed by atoms with Gasteiger partial charge in [0.1, 0.15) is 5.75 Å². The quantitative estimate of drug-likeness (QED) is 0.499. The topological polar surface area (TPSA) is 66.8 Å². The smallest absolute Gasteiger partial charge is 0.294 e. The number of para-hydroxylation sites is 1. The third kappa shape index (κ3) is 3.71. The Balaban J connectivity index is 1.88. The zero-order valence-corrected chi connectivity index (χ0v) is 19.3. The lowest BCUT2D eigenvalue weighted by Crippen LogP contribution is -2.31. The minimum Gasteiger partial charge on any atom is -0.503 e. The summed E-state index contributed by atoms with van der Waals surface area (Å²) in [6.07, 6.45) is 0. The fraction of sp³-hybridized carbons (Fsp3) is 0.231. The van der Waals surface area contributed by atoms with E-state index in [1.807, 2.05) is 42.5 Å². The third-order valence-electron chi connectivity index (χ3n) is 5.64. The van der Waals surface area contributed by atoms with Gasteiger partial charge < -0.3 is 9.84 Å². The molecule has 3 aromatic rings. The van der Waals surface area contributed by atoms with Gasteiger partial charge in [-0.3, -0.25) is 14.5 Å². The molecular weight excluding hydrogens is 422 g/mol. The van der Waals surface area contributed by atoms with Gasteiger partial charge in [-0.2, -0.15) is 0 Å². The zero-order valence-electron chi connectivity index (χ0n) is 18.5. The summed E-state index contributed by atoms with van der Waals surface area (Å²) in [6.45, 7) is 6.35. The predicted molar refractivity (Wildman–Crippen MR) is 127 cm³/mol. The molecule has 5 nitrogen and oxygen atoms in total. The highest BCUT2D eigenvalue weighted by Gasteiger charge is 2.45. The molecule has 2 heterocycles. The van der Waals surface area contributed by atoms with Crippen molar-refractivity contribution in [2.45, 2.75) is 32.2 Å². The van der Waals surface area contributed by atoms with Gasteiger partial charge in [0, 0.05) is 11.3 Å². The van der Waals surface area contributed by atoms with Crippen LogP contribution in [-0.2, 0) is 10.2 Å². The molecule has 1 atom stereocenters. The van der Waals surface area contributed by atoms with Crippen molar-refractivity contribution in [2.24, 2.45) is 0 Å². The second-order valence-electron chi connectivity index (χ2n) is 8.69. The Morgan fingerprint density at radius 1 is 1.03 bits per heavy atom. The standard InChI is InChI=1S/C26H25NO4S/c1-26(2,3)16-11-13-17(14-12-16)27-22(18-8-5-6-9-19(18)31-4)21(24(29)25(27)30)23(28)20-10-7-15-32-20/h5-15,22,29H,1-4H3. The number of ether oxygens (including phenoxy) is 1. The molecule has 0 aliphatic carbocycles. The normalized spacial score (nSPS) is 16.6. The first kappa shape index (κ1) is 21.8. The van der Waals surface area contributed by atoms with E-state index in [4.69, 9.17) is 4.74 Å². The van der Waals surface area contributed by atoms with Crippen LogP contribution >= 0.6 is 11.3 Å². The van der Waals surface area contributed by atoms with Crippen molar-refractivity contribution in [1.82, 2.24) is 0 Å². The average Bonchev–Trinajstić information content (AvgIpc) is 3.40. The molecule has 4 rings (SSSR count). The van der Waals surface area contributed by atoms with Crippen LogP contribution in [-0.4, -0.2) is 23.9 Å². The number of anilines is 1. The maximum atomic E-state index is 13.4. The van der Waals surface area contributed by atoms with Crippen LogP contribution in [0.1, 0.15) is 47.6 Å². The molecular formula is C26H25NO4S. The molecule has 6 heteroatoms. The van der Waals surface area contributed by atoms with Crippen molar-refractivity contribution < 1.29 is 19.4 Å². The molecule has 0 saturated heterocycles. The Morgan fingerprint density at radius 2 is 1.72 bits per heavy atom. The summed E-state index contributed by atoms with van der Waals surface area (Å²) >= 11 is 1.27. The van der Waals surface area contributed by atoms with Crippen LogP contribution in [0, 0.1) is 0 Å². The highest BCUT2D eigenvalue weighted by molar-refractivity contribution is 7.12. The van der Waals surface area contributed by atoms with E-state index in [-0.39, 0.29) is 16.8 Å². The summed E-state index contributed by atoms with van der Waals surface area (Å²) in [5.74, 6) is -0.966. The van der Waals surface area contributed by atoms with Gasteiger partial charge in [0.15, 0.2) is 5.76 Å². The number of thiophene rings is 1. The highest BCUT2D eigenvalue weighted by Crippen LogP contribution is 2.45. The number of hydrogen-bond acceptors (Lipinski definition) is 5. The van der Waals surface area contributed by atoms with Gasteiger partial charge in [-0.25, -0.2) is 0 Å². The summed E-state index contributed by atoms with van der Waals surface area (Å²) in [5, 5.41) is 12.7. The Morgan fingerprint density at radius 3 is 2.31 bits per heavy atom. The van der Waals surface area contributed by atoms with E-state index >= 15 is 0 Å². The van der Waals surface area contributed by atoms with Crippen molar-refractivity contribution in [2.75, 3.05) is 12.0 Å². The van der Waals surface area contributed by atoms with Crippen molar-refractivity contribution in [3.05, 3.63) is 93.4 Å². The van der Waals surface area contributed by atoms with E-state index < -0.39 is 17.7 Å². The second-order valence-corrected chi connectivity index (χ2v) is 9.63. The van der Waals surface area contributed by atoms with Gasteiger partial charge in [-0.05, 0) is 40.6 Å².